The second-order valence-electron chi connectivity index (χ2n) is 18.0. The number of hydrogen-bond acceptors (Lipinski definition) is 10. The van der Waals surface area contributed by atoms with Gasteiger partial charge < -0.3 is 24.2 Å². The lowest BCUT2D eigenvalue weighted by Gasteiger charge is -2.21. The first kappa shape index (κ1) is 69.6. The number of allylic oxidation sites excluding steroid dienone is 21. The molecule has 0 aliphatic rings. The summed E-state index contributed by atoms with van der Waals surface area (Å²) < 4.78 is 39.3. The summed E-state index contributed by atoms with van der Waals surface area (Å²) in [7, 11) is -4.79. The number of carbonyl (C=O) groups excluding carboxylic acids is 3. The summed E-state index contributed by atoms with van der Waals surface area (Å²) in [5, 5.41) is 9.79. The number of unbranched alkanes of at least 4 members (excludes halogenated alkanes) is 12. The van der Waals surface area contributed by atoms with E-state index >= 15 is 0 Å². The Morgan fingerprint density at radius 3 is 1.16 bits per heavy atom. The number of carbonyl (C=O) groups is 3. The van der Waals surface area contributed by atoms with E-state index in [1.807, 2.05) is 12.2 Å². The molecule has 3 unspecified atom stereocenters. The van der Waals surface area contributed by atoms with E-state index in [2.05, 4.69) is 136 Å². The summed E-state index contributed by atoms with van der Waals surface area (Å²) >= 11 is 0. The molecule has 0 rings (SSSR count). The zero-order valence-electron chi connectivity index (χ0n) is 46.0. The van der Waals surface area contributed by atoms with Gasteiger partial charge in [0.15, 0.2) is 6.10 Å². The number of hydrogen-bond donors (Lipinski definition) is 2. The van der Waals surface area contributed by atoms with E-state index in [-0.39, 0.29) is 19.3 Å². The van der Waals surface area contributed by atoms with Crippen LogP contribution in [-0.4, -0.2) is 66.5 Å². The number of phosphoric ester groups is 1. The molecule has 0 aliphatic heterocycles. The first-order valence-electron chi connectivity index (χ1n) is 28.1. The molecular formula is C62H99O11P. The molecule has 0 fully saturated rings. The van der Waals surface area contributed by atoms with Gasteiger partial charge in [0.25, 0.3) is 0 Å². The SMILES string of the molecule is CC/C=C\C/C=C\C/C=C\C/C=C\C/C=C\CC(=O)OCC(COP(=O)(O)OCC(CO)OC(=O)CCCCC/C=C\C/C=C\C/C=C\CC)OC(=O)CCCCCCCC/C=C\C/C=C\C/C=C\CCCCC. The van der Waals surface area contributed by atoms with E-state index in [1.165, 1.54) is 25.7 Å². The normalized spacial score (nSPS) is 14.4. The van der Waals surface area contributed by atoms with E-state index < -0.39 is 64.4 Å². The fourth-order valence-corrected chi connectivity index (χ4v) is 7.64. The highest BCUT2D eigenvalue weighted by atomic mass is 31.2. The third kappa shape index (κ3) is 52.5. The van der Waals surface area contributed by atoms with E-state index in [0.29, 0.717) is 19.3 Å². The van der Waals surface area contributed by atoms with Crippen molar-refractivity contribution in [3.05, 3.63) is 134 Å². The summed E-state index contributed by atoms with van der Waals surface area (Å²) in [6, 6.07) is 0. The molecule has 0 bridgehead atoms. The summed E-state index contributed by atoms with van der Waals surface area (Å²) in [5.74, 6) is -1.68. The highest BCUT2D eigenvalue weighted by Crippen LogP contribution is 2.43. The topological polar surface area (TPSA) is 155 Å². The van der Waals surface area contributed by atoms with E-state index in [4.69, 9.17) is 23.3 Å². The molecule has 74 heavy (non-hydrogen) atoms. The maximum Gasteiger partial charge on any atom is 0.472 e. The van der Waals surface area contributed by atoms with Crippen molar-refractivity contribution in [2.75, 3.05) is 26.4 Å². The molecule has 0 saturated carbocycles. The van der Waals surface area contributed by atoms with Crippen molar-refractivity contribution in [2.24, 2.45) is 0 Å². The van der Waals surface area contributed by atoms with Gasteiger partial charge >= 0.3 is 25.7 Å². The van der Waals surface area contributed by atoms with Gasteiger partial charge in [0.2, 0.25) is 0 Å². The van der Waals surface area contributed by atoms with Gasteiger partial charge in [-0.05, 0) is 116 Å². The number of phosphoric acid groups is 1. The van der Waals surface area contributed by atoms with Crippen molar-refractivity contribution < 1.29 is 52.2 Å². The zero-order valence-corrected chi connectivity index (χ0v) is 46.9. The molecule has 0 heterocycles. The molecule has 418 valence electrons. The van der Waals surface area contributed by atoms with Crippen LogP contribution >= 0.6 is 7.82 Å². The fourth-order valence-electron chi connectivity index (χ4n) is 6.86. The summed E-state index contributed by atoms with van der Waals surface area (Å²) in [6.07, 6.45) is 68.7. The average molecular weight is 1050 g/mol. The first-order chi connectivity index (χ1) is 36.2. The van der Waals surface area contributed by atoms with Crippen molar-refractivity contribution in [3.63, 3.8) is 0 Å². The molecular weight excluding hydrogens is 952 g/mol. The highest BCUT2D eigenvalue weighted by molar-refractivity contribution is 7.47. The molecule has 0 amide bonds. The van der Waals surface area contributed by atoms with E-state index in [1.54, 1.807) is 6.08 Å². The number of ether oxygens (including phenoxy) is 3. The highest BCUT2D eigenvalue weighted by Gasteiger charge is 2.28. The monoisotopic (exact) mass is 1050 g/mol. The molecule has 0 aromatic heterocycles. The molecule has 2 N–H and O–H groups in total. The predicted octanol–water partition coefficient (Wildman–Crippen LogP) is 16.6. The second-order valence-corrected chi connectivity index (χ2v) is 19.4. The Morgan fingerprint density at radius 1 is 0.405 bits per heavy atom. The minimum Gasteiger partial charge on any atom is -0.461 e. The maximum atomic E-state index is 12.9. The van der Waals surface area contributed by atoms with E-state index in [9.17, 15) is 28.9 Å². The molecule has 11 nitrogen and oxygen atoms in total. The van der Waals surface area contributed by atoms with Gasteiger partial charge in [0.05, 0.1) is 26.2 Å². The minimum atomic E-state index is -4.79. The number of rotatable bonds is 50. The molecule has 0 saturated heterocycles. The first-order valence-corrected chi connectivity index (χ1v) is 29.6. The van der Waals surface area contributed by atoms with Crippen LogP contribution in [0.2, 0.25) is 0 Å². The lowest BCUT2D eigenvalue weighted by Crippen LogP contribution is -2.30. The Balaban J connectivity index is 4.90. The van der Waals surface area contributed by atoms with Gasteiger partial charge in [-0.1, -0.05) is 199 Å². The van der Waals surface area contributed by atoms with Crippen molar-refractivity contribution >= 4 is 25.7 Å². The smallest absolute Gasteiger partial charge is 0.461 e. The standard InChI is InChI=1S/C62H99O11P/c1-4-7-10-13-16-19-22-25-27-28-29-30-32-35-38-41-44-47-50-53-62(66)73-59(55-69-60(64)51-48-45-42-39-36-34-31-26-23-20-17-14-11-8-5-2)57-71-74(67,68)70-56-58(54-63)72-61(65)52-49-46-43-40-37-33-24-21-18-15-12-9-6-3/h8-9,11-12,16-21,25-27,29-31,33,36-37,39,45,48,58-59,63H,4-7,10,13-15,22-24,28,32,34-35,38,40-44,46-47,49-57H2,1-3H3,(H,67,68)/b11-8-,12-9-,19-16-,20-17-,21-18-,27-25-,30-29-,31-26-,37-33-,39-36-,48-45-. The molecule has 0 aromatic rings. The Bertz CT molecular complexity index is 1750. The molecule has 0 aliphatic carbocycles. The summed E-state index contributed by atoms with van der Waals surface area (Å²) in [6.45, 7) is 4.20. The predicted molar refractivity (Wildman–Crippen MR) is 306 cm³/mol. The Hall–Kier alpha value is -4.38. The number of esters is 3. The second kappa shape index (κ2) is 54.9. The van der Waals surface area contributed by atoms with Gasteiger partial charge in [-0.25, -0.2) is 4.57 Å². The zero-order chi connectivity index (χ0) is 54.1. The van der Waals surface area contributed by atoms with Crippen molar-refractivity contribution in [1.82, 2.24) is 0 Å². The van der Waals surface area contributed by atoms with Crippen LogP contribution < -0.4 is 0 Å². The molecule has 0 aromatic carbocycles. The summed E-state index contributed by atoms with van der Waals surface area (Å²) in [4.78, 5) is 48.4. The molecule has 0 radical (unpaired) electrons. The van der Waals surface area contributed by atoms with Crippen molar-refractivity contribution in [2.45, 2.75) is 213 Å². The van der Waals surface area contributed by atoms with E-state index in [0.717, 1.165) is 116 Å². The molecule has 0 spiro atoms. The van der Waals surface area contributed by atoms with Crippen LogP contribution in [0, 0.1) is 0 Å². The van der Waals surface area contributed by atoms with Crippen LogP contribution in [-0.2, 0) is 42.2 Å². The number of aliphatic hydroxyl groups is 1. The Labute approximate surface area is 449 Å². The maximum absolute atomic E-state index is 12.9. The Morgan fingerprint density at radius 2 is 0.743 bits per heavy atom. The van der Waals surface area contributed by atoms with Crippen LogP contribution in [0.5, 0.6) is 0 Å². The van der Waals surface area contributed by atoms with Crippen molar-refractivity contribution in [1.29, 1.82) is 0 Å². The van der Waals surface area contributed by atoms with Crippen LogP contribution in [0.4, 0.5) is 0 Å². The minimum absolute atomic E-state index is 0.0178. The third-order valence-electron chi connectivity index (χ3n) is 11.1. The van der Waals surface area contributed by atoms with Gasteiger partial charge in [-0.3, -0.25) is 23.4 Å². The lowest BCUT2D eigenvalue weighted by molar-refractivity contribution is -0.161. The molecule has 12 heteroatoms. The van der Waals surface area contributed by atoms with Crippen LogP contribution in [0.25, 0.3) is 0 Å². The lowest BCUT2D eigenvalue weighted by atomic mass is 10.1. The van der Waals surface area contributed by atoms with Crippen molar-refractivity contribution in [3.8, 4) is 0 Å². The van der Waals surface area contributed by atoms with Crippen LogP contribution in [0.3, 0.4) is 0 Å². The molecule has 3 atom stereocenters. The summed E-state index contributed by atoms with van der Waals surface area (Å²) in [5.41, 5.74) is 0. The van der Waals surface area contributed by atoms with Gasteiger partial charge in [0, 0.05) is 12.8 Å². The van der Waals surface area contributed by atoms with Crippen LogP contribution in [0.1, 0.15) is 201 Å². The third-order valence-corrected chi connectivity index (χ3v) is 12.0. The van der Waals surface area contributed by atoms with Gasteiger partial charge in [0.1, 0.15) is 12.7 Å². The van der Waals surface area contributed by atoms with Crippen LogP contribution in [0.15, 0.2) is 134 Å². The van der Waals surface area contributed by atoms with Gasteiger partial charge in [-0.15, -0.1) is 0 Å². The van der Waals surface area contributed by atoms with Gasteiger partial charge in [-0.2, -0.15) is 0 Å². The number of aliphatic hydroxyl groups excluding tert-OH is 1. The Kier molecular flexibility index (Phi) is 51.6. The average Bonchev–Trinajstić information content (AvgIpc) is 3.39. The fraction of sp³-hybridized carbons (Fsp3) is 0.597. The largest absolute Gasteiger partial charge is 0.472 e. The quantitative estimate of drug-likeness (QED) is 0.0197.